The van der Waals surface area contributed by atoms with Crippen LogP contribution in [0.5, 0.6) is 0 Å². The zero-order chi connectivity index (χ0) is 13.7. The minimum atomic E-state index is 0.628. The maximum atomic E-state index is 4.29. The molecule has 0 bridgehead atoms. The average Bonchev–Trinajstić information content (AvgIpc) is 2.84. The van der Waals surface area contributed by atoms with Crippen LogP contribution in [0.1, 0.15) is 51.5 Å². The molecule has 1 aliphatic rings. The Hall–Kier alpha value is -0.830. The largest absolute Gasteiger partial charge is 0.314 e. The van der Waals surface area contributed by atoms with E-state index in [0.717, 1.165) is 24.8 Å². The van der Waals surface area contributed by atoms with Crippen LogP contribution >= 0.6 is 0 Å². The van der Waals surface area contributed by atoms with Crippen molar-refractivity contribution in [3.8, 4) is 0 Å². The molecule has 1 aliphatic carbocycles. The molecule has 0 saturated heterocycles. The summed E-state index contributed by atoms with van der Waals surface area (Å²) in [6.07, 6.45) is 12.3. The Morgan fingerprint density at radius 2 is 2.26 bits per heavy atom. The predicted molar refractivity (Wildman–Crippen MR) is 80.1 cm³/mol. The maximum absolute atomic E-state index is 4.29. The summed E-state index contributed by atoms with van der Waals surface area (Å²) in [5, 5.41) is 8.01. The van der Waals surface area contributed by atoms with E-state index in [4.69, 9.17) is 0 Å². The fourth-order valence-corrected chi connectivity index (χ4v) is 3.57. The van der Waals surface area contributed by atoms with Gasteiger partial charge in [-0.15, -0.1) is 0 Å². The molecular formula is C16H29N3. The third-order valence-electron chi connectivity index (χ3n) is 4.65. The van der Waals surface area contributed by atoms with Gasteiger partial charge in [0, 0.05) is 19.3 Å². The minimum Gasteiger partial charge on any atom is -0.314 e. The van der Waals surface area contributed by atoms with Gasteiger partial charge in [0.1, 0.15) is 0 Å². The molecule has 19 heavy (non-hydrogen) atoms. The van der Waals surface area contributed by atoms with Gasteiger partial charge in [-0.25, -0.2) is 0 Å². The summed E-state index contributed by atoms with van der Waals surface area (Å²) in [5.41, 5.74) is 1.37. The van der Waals surface area contributed by atoms with Crippen LogP contribution in [0, 0.1) is 11.8 Å². The summed E-state index contributed by atoms with van der Waals surface area (Å²) in [6, 6.07) is 0.628. The van der Waals surface area contributed by atoms with Crippen molar-refractivity contribution in [1.29, 1.82) is 0 Å². The van der Waals surface area contributed by atoms with E-state index in [9.17, 15) is 0 Å². The molecule has 1 aromatic heterocycles. The number of hydrogen-bond donors (Lipinski definition) is 1. The van der Waals surface area contributed by atoms with E-state index in [1.165, 1.54) is 37.7 Å². The van der Waals surface area contributed by atoms with Crippen molar-refractivity contribution in [2.75, 3.05) is 6.54 Å². The van der Waals surface area contributed by atoms with E-state index in [2.05, 4.69) is 30.5 Å². The number of nitrogens with one attached hydrogen (secondary N) is 1. The van der Waals surface area contributed by atoms with Crippen molar-refractivity contribution >= 4 is 0 Å². The van der Waals surface area contributed by atoms with Gasteiger partial charge in [0.2, 0.25) is 0 Å². The molecule has 2 rings (SSSR count). The number of rotatable bonds is 6. The van der Waals surface area contributed by atoms with Crippen LogP contribution < -0.4 is 5.32 Å². The highest BCUT2D eigenvalue weighted by Gasteiger charge is 2.27. The molecule has 0 aliphatic heterocycles. The lowest BCUT2D eigenvalue weighted by molar-refractivity contribution is 0.208. The summed E-state index contributed by atoms with van der Waals surface area (Å²) in [7, 11) is 2.00. The molecule has 1 N–H and O–H groups in total. The van der Waals surface area contributed by atoms with Gasteiger partial charge in [-0.3, -0.25) is 4.68 Å². The predicted octanol–water partition coefficient (Wildman–Crippen LogP) is 3.16. The molecular weight excluding hydrogens is 234 g/mol. The molecule has 3 heteroatoms. The maximum Gasteiger partial charge on any atom is 0.0522 e. The molecule has 3 nitrogen and oxygen atoms in total. The van der Waals surface area contributed by atoms with Crippen LogP contribution in [0.25, 0.3) is 0 Å². The van der Waals surface area contributed by atoms with Gasteiger partial charge in [0.15, 0.2) is 0 Å². The Labute approximate surface area is 117 Å². The first-order chi connectivity index (χ1) is 9.22. The van der Waals surface area contributed by atoms with E-state index >= 15 is 0 Å². The van der Waals surface area contributed by atoms with Crippen molar-refractivity contribution in [2.45, 2.75) is 58.4 Å². The minimum absolute atomic E-state index is 0.628. The lowest BCUT2D eigenvalue weighted by atomic mass is 9.75. The fraction of sp³-hybridized carbons (Fsp3) is 0.812. The monoisotopic (exact) mass is 263 g/mol. The Bertz CT molecular complexity index is 372. The van der Waals surface area contributed by atoms with Gasteiger partial charge in [-0.1, -0.05) is 33.1 Å². The van der Waals surface area contributed by atoms with Crippen LogP contribution in [0.2, 0.25) is 0 Å². The van der Waals surface area contributed by atoms with Gasteiger partial charge in [0.25, 0.3) is 0 Å². The van der Waals surface area contributed by atoms with Gasteiger partial charge >= 0.3 is 0 Å². The third kappa shape index (κ3) is 4.07. The quantitative estimate of drug-likeness (QED) is 0.854. The molecule has 0 aromatic carbocycles. The first-order valence-corrected chi connectivity index (χ1v) is 7.93. The number of likely N-dealkylation sites (N-methyl/N-ethyl adjacent to an activating group) is 1. The molecule has 1 fully saturated rings. The number of hydrogen-bond acceptors (Lipinski definition) is 2. The average molecular weight is 263 g/mol. The van der Waals surface area contributed by atoms with Gasteiger partial charge in [0.05, 0.1) is 6.20 Å². The highest BCUT2D eigenvalue weighted by atomic mass is 15.2. The zero-order valence-electron chi connectivity index (χ0n) is 12.7. The number of nitrogens with zero attached hydrogens (tertiary/aromatic N) is 2. The third-order valence-corrected chi connectivity index (χ3v) is 4.65. The SMILES string of the molecule is CCNC(Cc1cnn(C)c1)C1CCCC(CC)C1. The fourth-order valence-electron chi connectivity index (χ4n) is 3.57. The van der Waals surface area contributed by atoms with Crippen molar-refractivity contribution in [2.24, 2.45) is 18.9 Å². The number of aryl methyl sites for hydroxylation is 1. The molecule has 0 radical (unpaired) electrons. The van der Waals surface area contributed by atoms with Crippen molar-refractivity contribution < 1.29 is 0 Å². The zero-order valence-corrected chi connectivity index (χ0v) is 12.7. The second kappa shape index (κ2) is 7.09. The Balaban J connectivity index is 1.98. The van der Waals surface area contributed by atoms with Gasteiger partial charge in [-0.2, -0.15) is 5.10 Å². The lowest BCUT2D eigenvalue weighted by Crippen LogP contribution is -2.40. The van der Waals surface area contributed by atoms with Crippen molar-refractivity contribution in [3.63, 3.8) is 0 Å². The van der Waals surface area contributed by atoms with E-state index in [0.29, 0.717) is 6.04 Å². The first-order valence-electron chi connectivity index (χ1n) is 7.93. The van der Waals surface area contributed by atoms with Crippen molar-refractivity contribution in [3.05, 3.63) is 18.0 Å². The topological polar surface area (TPSA) is 29.9 Å². The van der Waals surface area contributed by atoms with Crippen LogP contribution in [-0.2, 0) is 13.5 Å². The highest BCUT2D eigenvalue weighted by molar-refractivity contribution is 5.07. The van der Waals surface area contributed by atoms with Gasteiger partial charge in [-0.05, 0) is 43.2 Å². The number of aromatic nitrogens is 2. The van der Waals surface area contributed by atoms with E-state index in [1.807, 2.05) is 17.9 Å². The Morgan fingerprint density at radius 3 is 2.89 bits per heavy atom. The molecule has 1 aromatic rings. The van der Waals surface area contributed by atoms with Gasteiger partial charge < -0.3 is 5.32 Å². The molecule has 1 heterocycles. The van der Waals surface area contributed by atoms with Crippen LogP contribution in [0.3, 0.4) is 0 Å². The summed E-state index contributed by atoms with van der Waals surface area (Å²) in [5.74, 6) is 1.80. The summed E-state index contributed by atoms with van der Waals surface area (Å²) < 4.78 is 1.91. The Morgan fingerprint density at radius 1 is 1.42 bits per heavy atom. The van der Waals surface area contributed by atoms with E-state index in [-0.39, 0.29) is 0 Å². The van der Waals surface area contributed by atoms with Crippen LogP contribution in [0.15, 0.2) is 12.4 Å². The van der Waals surface area contributed by atoms with Crippen LogP contribution in [-0.4, -0.2) is 22.4 Å². The normalized spacial score (nSPS) is 25.4. The van der Waals surface area contributed by atoms with Crippen molar-refractivity contribution in [1.82, 2.24) is 15.1 Å². The standard InChI is InChI=1S/C16H29N3/c1-4-13-7-6-8-15(9-13)16(17-5-2)10-14-11-18-19(3)12-14/h11-13,15-17H,4-10H2,1-3H3. The molecule has 0 amide bonds. The molecule has 1 saturated carbocycles. The molecule has 3 unspecified atom stereocenters. The summed E-state index contributed by atoms with van der Waals surface area (Å²) in [6.45, 7) is 5.63. The smallest absolute Gasteiger partial charge is 0.0522 e. The Kier molecular flexibility index (Phi) is 5.44. The second-order valence-electron chi connectivity index (χ2n) is 6.09. The van der Waals surface area contributed by atoms with E-state index < -0.39 is 0 Å². The summed E-state index contributed by atoms with van der Waals surface area (Å²) >= 11 is 0. The first kappa shape index (κ1) is 14.6. The van der Waals surface area contributed by atoms with Crippen LogP contribution in [0.4, 0.5) is 0 Å². The van der Waals surface area contributed by atoms with E-state index in [1.54, 1.807) is 0 Å². The molecule has 3 atom stereocenters. The second-order valence-corrected chi connectivity index (χ2v) is 6.09. The highest BCUT2D eigenvalue weighted by Crippen LogP contribution is 2.33. The lowest BCUT2D eigenvalue weighted by Gasteiger charge is -2.34. The summed E-state index contributed by atoms with van der Waals surface area (Å²) in [4.78, 5) is 0. The molecule has 108 valence electrons. The molecule has 0 spiro atoms.